The van der Waals surface area contributed by atoms with Crippen molar-refractivity contribution in [2.24, 2.45) is 23.7 Å². The summed E-state index contributed by atoms with van der Waals surface area (Å²) in [6.45, 7) is 0. The molecule has 8 rings (SSSR count). The van der Waals surface area contributed by atoms with E-state index in [0.29, 0.717) is 0 Å². The minimum atomic E-state index is 0.733. The zero-order valence-corrected chi connectivity index (χ0v) is 20.4. The van der Waals surface area contributed by atoms with Crippen molar-refractivity contribution >= 4 is 5.69 Å². The third kappa shape index (κ3) is 2.76. The summed E-state index contributed by atoms with van der Waals surface area (Å²) in [5.74, 6) is 3.83. The van der Waals surface area contributed by atoms with Crippen LogP contribution in [-0.4, -0.2) is 46.3 Å². The van der Waals surface area contributed by atoms with E-state index in [4.69, 9.17) is 0 Å². The summed E-state index contributed by atoms with van der Waals surface area (Å²) in [6.07, 6.45) is 20.7. The quantitative estimate of drug-likeness (QED) is 0.506. The lowest BCUT2D eigenvalue weighted by Crippen LogP contribution is -2.85. The lowest BCUT2D eigenvalue weighted by atomic mass is 9.57. The minimum Gasteiger partial charge on any atom is -0.362 e. The average molecular weight is 446 g/mol. The average Bonchev–Trinajstić information content (AvgIpc) is 2.89. The molecule has 1 aromatic rings. The van der Waals surface area contributed by atoms with Crippen LogP contribution in [0.1, 0.15) is 89.9 Å². The van der Waals surface area contributed by atoms with Gasteiger partial charge in [-0.1, -0.05) is 56.7 Å². The van der Waals surface area contributed by atoms with Gasteiger partial charge in [0.1, 0.15) is 0 Å². The molecule has 7 aliphatic rings. The Balaban J connectivity index is 1.31. The van der Waals surface area contributed by atoms with Crippen molar-refractivity contribution in [2.45, 2.75) is 126 Å². The van der Waals surface area contributed by atoms with Crippen molar-refractivity contribution < 1.29 is 0 Å². The van der Waals surface area contributed by atoms with E-state index in [-0.39, 0.29) is 0 Å². The Labute approximate surface area is 200 Å². The molecule has 10 atom stereocenters. The van der Waals surface area contributed by atoms with Crippen molar-refractivity contribution in [3.8, 4) is 0 Å². The molecule has 178 valence electrons. The number of hydrogen-bond donors (Lipinski definition) is 0. The maximum absolute atomic E-state index is 3.21. The van der Waals surface area contributed by atoms with Crippen LogP contribution in [0.5, 0.6) is 0 Å². The molecule has 3 heteroatoms. The second kappa shape index (κ2) is 7.72. The second-order valence-electron chi connectivity index (χ2n) is 12.8. The van der Waals surface area contributed by atoms with Gasteiger partial charge in [0, 0.05) is 41.9 Å². The Morgan fingerprint density at radius 3 is 1.52 bits per heavy atom. The predicted molar refractivity (Wildman–Crippen MR) is 134 cm³/mol. The molecule has 1 aromatic carbocycles. The molecule has 7 fully saturated rings. The summed E-state index contributed by atoms with van der Waals surface area (Å²) >= 11 is 0. The normalized spacial score (nSPS) is 49.0. The highest BCUT2D eigenvalue weighted by Crippen LogP contribution is 2.59. The largest absolute Gasteiger partial charge is 0.362 e. The van der Waals surface area contributed by atoms with Crippen LogP contribution in [0.4, 0.5) is 5.69 Å². The van der Waals surface area contributed by atoms with Crippen LogP contribution < -0.4 is 4.90 Å². The monoisotopic (exact) mass is 445 g/mol. The molecule has 3 aliphatic heterocycles. The number of anilines is 1. The molecule has 0 N–H and O–H groups in total. The third-order valence-electron chi connectivity index (χ3n) is 11.7. The Kier molecular flexibility index (Phi) is 4.72. The van der Waals surface area contributed by atoms with Crippen LogP contribution in [0, 0.1) is 23.7 Å². The van der Waals surface area contributed by atoms with Gasteiger partial charge < -0.3 is 4.90 Å². The molecular weight excluding hydrogens is 402 g/mol. The van der Waals surface area contributed by atoms with Gasteiger partial charge in [-0.15, -0.1) is 0 Å². The van der Waals surface area contributed by atoms with E-state index in [1.54, 1.807) is 0 Å². The first-order chi connectivity index (χ1) is 16.4. The van der Waals surface area contributed by atoms with Gasteiger partial charge in [0.15, 0.2) is 0 Å². The van der Waals surface area contributed by atoms with Crippen LogP contribution in [0.15, 0.2) is 30.3 Å². The third-order valence-corrected chi connectivity index (χ3v) is 11.7. The summed E-state index contributed by atoms with van der Waals surface area (Å²) in [5, 5.41) is 6.40. The molecule has 3 heterocycles. The molecule has 4 aliphatic carbocycles. The molecule has 10 unspecified atom stereocenters. The Morgan fingerprint density at radius 1 is 0.455 bits per heavy atom. The Bertz CT molecular complexity index is 821. The number of nitrogens with zero attached hydrogens (tertiary/aromatic N) is 3. The number of hydrogen-bond acceptors (Lipinski definition) is 3. The highest BCUT2D eigenvalue weighted by Gasteiger charge is 2.65. The zero-order valence-electron chi connectivity index (χ0n) is 20.4. The summed E-state index contributed by atoms with van der Waals surface area (Å²) < 4.78 is 0. The fraction of sp³-hybridized carbons (Fsp3) is 0.800. The number of fused-ring (bicyclic) bond motifs is 6. The fourth-order valence-electron chi connectivity index (χ4n) is 10.9. The summed E-state index contributed by atoms with van der Waals surface area (Å²) in [5.41, 5.74) is 1.54. The van der Waals surface area contributed by atoms with Gasteiger partial charge in [0.05, 0.1) is 0 Å². The van der Waals surface area contributed by atoms with Crippen molar-refractivity contribution in [3.63, 3.8) is 0 Å². The van der Waals surface area contributed by atoms with Crippen molar-refractivity contribution in [2.75, 3.05) is 4.90 Å². The Hall–Kier alpha value is -1.06. The van der Waals surface area contributed by atoms with E-state index in [9.17, 15) is 0 Å². The van der Waals surface area contributed by atoms with Crippen LogP contribution >= 0.6 is 0 Å². The smallest absolute Gasteiger partial charge is 0.0485 e. The fourth-order valence-corrected chi connectivity index (χ4v) is 10.9. The molecule has 3 nitrogen and oxygen atoms in total. The van der Waals surface area contributed by atoms with Crippen molar-refractivity contribution in [1.82, 2.24) is 10.0 Å². The molecule has 0 bridgehead atoms. The molecule has 0 radical (unpaired) electrons. The van der Waals surface area contributed by atoms with Gasteiger partial charge in [-0.3, -0.25) is 0 Å². The zero-order chi connectivity index (χ0) is 21.5. The topological polar surface area (TPSA) is 9.72 Å². The number of piperazine rings is 1. The van der Waals surface area contributed by atoms with Gasteiger partial charge >= 0.3 is 0 Å². The highest BCUT2D eigenvalue weighted by atomic mass is 15.7. The maximum Gasteiger partial charge on any atom is 0.0485 e. The van der Waals surface area contributed by atoms with Crippen LogP contribution in [0.25, 0.3) is 0 Å². The predicted octanol–water partition coefficient (Wildman–Crippen LogP) is 6.25. The van der Waals surface area contributed by atoms with Crippen LogP contribution in [-0.2, 0) is 0 Å². The van der Waals surface area contributed by atoms with Crippen molar-refractivity contribution in [1.29, 1.82) is 0 Å². The Morgan fingerprint density at radius 2 is 0.939 bits per heavy atom. The number of benzene rings is 1. The first-order valence-electron chi connectivity index (χ1n) is 14.8. The van der Waals surface area contributed by atoms with Gasteiger partial charge in [-0.05, 0) is 87.2 Å². The standard InChI is InChI=1S/C30H43N3/c1-2-10-20(11-3-1)31-27-18-8-14-23-21-12-4-6-16-25(21)32-26-17-7-5-13-22(26)24-15-9-19-28(31)30(24)33(32)29(23)27/h1-3,10-11,21-30H,4-9,12-19H2. The van der Waals surface area contributed by atoms with E-state index in [1.807, 2.05) is 0 Å². The first kappa shape index (κ1) is 20.2. The van der Waals surface area contributed by atoms with Gasteiger partial charge in [0.25, 0.3) is 0 Å². The summed E-state index contributed by atoms with van der Waals surface area (Å²) in [6, 6.07) is 16.5. The number of rotatable bonds is 1. The van der Waals surface area contributed by atoms with E-state index in [2.05, 4.69) is 45.2 Å². The number of para-hydroxylation sites is 1. The molecule has 0 aromatic heterocycles. The van der Waals surface area contributed by atoms with Crippen LogP contribution in [0.2, 0.25) is 0 Å². The second-order valence-corrected chi connectivity index (χ2v) is 12.8. The maximum atomic E-state index is 3.21. The first-order valence-corrected chi connectivity index (χ1v) is 14.8. The van der Waals surface area contributed by atoms with Gasteiger partial charge in [-0.25, -0.2) is 10.0 Å². The SMILES string of the molecule is c1ccc(N2C3CCCC4C5CCCCC5N5C6CCCCC6C6CCCC2C6N5C43)cc1. The van der Waals surface area contributed by atoms with E-state index < -0.39 is 0 Å². The molecular formula is C30H43N3. The lowest BCUT2D eigenvalue weighted by molar-refractivity contribution is -0.299. The van der Waals surface area contributed by atoms with Crippen LogP contribution in [0.3, 0.4) is 0 Å². The molecule has 0 spiro atoms. The van der Waals surface area contributed by atoms with Gasteiger partial charge in [0.2, 0.25) is 0 Å². The lowest BCUT2D eigenvalue weighted by Gasteiger charge is -2.74. The molecule has 33 heavy (non-hydrogen) atoms. The highest BCUT2D eigenvalue weighted by molar-refractivity contribution is 5.51. The van der Waals surface area contributed by atoms with E-state index in [0.717, 1.165) is 59.9 Å². The number of hydrazine groups is 1. The molecule has 4 saturated carbocycles. The van der Waals surface area contributed by atoms with E-state index >= 15 is 0 Å². The van der Waals surface area contributed by atoms with Crippen molar-refractivity contribution in [3.05, 3.63) is 30.3 Å². The summed E-state index contributed by atoms with van der Waals surface area (Å²) in [7, 11) is 0. The minimum absolute atomic E-state index is 0.733. The summed E-state index contributed by atoms with van der Waals surface area (Å²) in [4.78, 5) is 3.04. The van der Waals surface area contributed by atoms with Gasteiger partial charge in [-0.2, -0.15) is 0 Å². The molecule has 3 saturated heterocycles. The van der Waals surface area contributed by atoms with E-state index in [1.165, 1.54) is 95.6 Å². The molecule has 0 amide bonds.